The third-order valence-corrected chi connectivity index (χ3v) is 3.84. The van der Waals surface area contributed by atoms with Crippen molar-refractivity contribution in [1.82, 2.24) is 5.09 Å². The van der Waals surface area contributed by atoms with Gasteiger partial charge in [-0.3, -0.25) is 4.52 Å². The normalized spacial score (nSPS) is 15.1. The molecule has 0 heterocycles. The lowest BCUT2D eigenvalue weighted by atomic mass is 9.87. The predicted molar refractivity (Wildman–Crippen MR) is 75.6 cm³/mol. The first-order valence-corrected chi connectivity index (χ1v) is 7.70. The third-order valence-electron chi connectivity index (χ3n) is 2.52. The average Bonchev–Trinajstić information content (AvgIpc) is 2.30. The summed E-state index contributed by atoms with van der Waals surface area (Å²) in [6, 6.07) is 5.43. The lowest BCUT2D eigenvalue weighted by Crippen LogP contribution is -2.12. The molecule has 19 heavy (non-hydrogen) atoms. The molecule has 0 amide bonds. The summed E-state index contributed by atoms with van der Waals surface area (Å²) < 4.78 is 21.0. The molecule has 0 saturated carbocycles. The van der Waals surface area contributed by atoms with Gasteiger partial charge in [0.25, 0.3) is 0 Å². The van der Waals surface area contributed by atoms with Gasteiger partial charge in [0, 0.05) is 0 Å². The molecule has 0 radical (unpaired) electrons. The highest BCUT2D eigenvalue weighted by molar-refractivity contribution is 7.50. The smallest absolute Gasteiger partial charge is 0.405 e. The van der Waals surface area contributed by atoms with Gasteiger partial charge < -0.3 is 9.63 Å². The first-order valence-electron chi connectivity index (χ1n) is 5.75. The van der Waals surface area contributed by atoms with Crippen molar-refractivity contribution in [1.29, 1.82) is 0 Å². The van der Waals surface area contributed by atoms with Crippen molar-refractivity contribution in [2.45, 2.75) is 26.2 Å². The number of hydrogen-bond acceptors (Lipinski definition) is 3. The second kappa shape index (κ2) is 6.25. The number of halogens is 1. The lowest BCUT2D eigenvalue weighted by molar-refractivity contribution is 0.103. The predicted octanol–water partition coefficient (Wildman–Crippen LogP) is 3.31. The molecular formula is C12H19ClNO4P. The van der Waals surface area contributed by atoms with Gasteiger partial charge in [-0.2, -0.15) is 0 Å². The SMILES string of the molecule is CNP(=O)(O)OCOc1ccc(C(C)(C)C)cc1Cl. The van der Waals surface area contributed by atoms with Crippen molar-refractivity contribution in [2.24, 2.45) is 0 Å². The maximum absolute atomic E-state index is 11.2. The zero-order valence-electron chi connectivity index (χ0n) is 11.4. The fraction of sp³-hybridized carbons (Fsp3) is 0.500. The van der Waals surface area contributed by atoms with Crippen LogP contribution in [0.15, 0.2) is 18.2 Å². The molecule has 0 bridgehead atoms. The standard InChI is InChI=1S/C12H19ClNO4P/c1-12(2,3)9-5-6-11(10(13)7-9)17-8-18-19(15,16)14-4/h5-7H,8H2,1-4H3,(H2,14,15,16). The Morgan fingerprint density at radius 2 is 2.05 bits per heavy atom. The van der Waals surface area contributed by atoms with Gasteiger partial charge in [-0.1, -0.05) is 38.4 Å². The quantitative estimate of drug-likeness (QED) is 0.645. The summed E-state index contributed by atoms with van der Waals surface area (Å²) in [6.45, 7) is 5.88. The minimum atomic E-state index is -3.78. The van der Waals surface area contributed by atoms with E-state index in [1.807, 2.05) is 12.1 Å². The molecule has 5 nitrogen and oxygen atoms in total. The van der Waals surface area contributed by atoms with Crippen LogP contribution in [0.4, 0.5) is 0 Å². The van der Waals surface area contributed by atoms with Crippen molar-refractivity contribution in [2.75, 3.05) is 13.8 Å². The molecule has 1 rings (SSSR count). The fourth-order valence-electron chi connectivity index (χ4n) is 1.31. The minimum Gasteiger partial charge on any atom is -0.465 e. The van der Waals surface area contributed by atoms with Crippen molar-refractivity contribution >= 4 is 19.3 Å². The molecule has 0 aromatic heterocycles. The molecule has 0 aliphatic carbocycles. The molecule has 7 heteroatoms. The van der Waals surface area contributed by atoms with Crippen LogP contribution in [0, 0.1) is 0 Å². The molecule has 1 atom stereocenters. The number of benzene rings is 1. The van der Waals surface area contributed by atoms with Gasteiger partial charge in [0.15, 0.2) is 6.79 Å². The Bertz CT molecular complexity index is 487. The highest BCUT2D eigenvalue weighted by Gasteiger charge is 2.17. The van der Waals surface area contributed by atoms with Gasteiger partial charge in [-0.05, 0) is 30.2 Å². The van der Waals surface area contributed by atoms with Crippen LogP contribution < -0.4 is 9.82 Å². The first kappa shape index (κ1) is 16.5. The summed E-state index contributed by atoms with van der Waals surface area (Å²) in [7, 11) is -2.45. The van der Waals surface area contributed by atoms with E-state index in [4.69, 9.17) is 21.2 Å². The van der Waals surface area contributed by atoms with Crippen LogP contribution in [0.5, 0.6) is 5.75 Å². The Kier molecular flexibility index (Phi) is 5.42. The Hall–Kier alpha value is -0.580. The summed E-state index contributed by atoms with van der Waals surface area (Å²) >= 11 is 6.09. The van der Waals surface area contributed by atoms with Crippen LogP contribution in [0.3, 0.4) is 0 Å². The lowest BCUT2D eigenvalue weighted by Gasteiger charge is -2.20. The summed E-state index contributed by atoms with van der Waals surface area (Å²) in [4.78, 5) is 9.13. The van der Waals surface area contributed by atoms with Gasteiger partial charge in [0.2, 0.25) is 0 Å². The summed E-state index contributed by atoms with van der Waals surface area (Å²) in [5.74, 6) is 0.408. The van der Waals surface area contributed by atoms with Crippen LogP contribution >= 0.6 is 19.3 Å². The summed E-state index contributed by atoms with van der Waals surface area (Å²) in [5.41, 5.74) is 1.07. The van der Waals surface area contributed by atoms with Crippen LogP contribution in [0.1, 0.15) is 26.3 Å². The van der Waals surface area contributed by atoms with Crippen LogP contribution in [0.2, 0.25) is 5.02 Å². The van der Waals surface area contributed by atoms with E-state index in [-0.39, 0.29) is 12.2 Å². The van der Waals surface area contributed by atoms with E-state index in [9.17, 15) is 4.57 Å². The Morgan fingerprint density at radius 1 is 1.42 bits per heavy atom. The van der Waals surface area contributed by atoms with Gasteiger partial charge in [0.05, 0.1) is 5.02 Å². The summed E-state index contributed by atoms with van der Waals surface area (Å²) in [5, 5.41) is 2.59. The molecule has 0 spiro atoms. The molecule has 0 saturated heterocycles. The van der Waals surface area contributed by atoms with Gasteiger partial charge in [-0.25, -0.2) is 9.65 Å². The van der Waals surface area contributed by atoms with Gasteiger partial charge in [-0.15, -0.1) is 0 Å². The molecule has 108 valence electrons. The third kappa shape index (κ3) is 5.13. The van der Waals surface area contributed by atoms with Crippen molar-refractivity contribution in [3.63, 3.8) is 0 Å². The average molecular weight is 308 g/mol. The van der Waals surface area contributed by atoms with E-state index in [2.05, 4.69) is 30.4 Å². The molecular weight excluding hydrogens is 289 g/mol. The van der Waals surface area contributed by atoms with Gasteiger partial charge >= 0.3 is 7.75 Å². The van der Waals surface area contributed by atoms with E-state index in [1.54, 1.807) is 6.07 Å². The highest BCUT2D eigenvalue weighted by atomic mass is 35.5. The molecule has 0 fully saturated rings. The monoisotopic (exact) mass is 307 g/mol. The topological polar surface area (TPSA) is 67.8 Å². The zero-order valence-corrected chi connectivity index (χ0v) is 13.1. The number of ether oxygens (including phenoxy) is 1. The van der Waals surface area contributed by atoms with Crippen LogP contribution in [0.25, 0.3) is 0 Å². The molecule has 1 aromatic carbocycles. The van der Waals surface area contributed by atoms with Crippen molar-refractivity contribution in [3.05, 3.63) is 28.8 Å². The zero-order chi connectivity index (χ0) is 14.7. The molecule has 2 N–H and O–H groups in total. The van der Waals surface area contributed by atoms with Crippen LogP contribution in [-0.4, -0.2) is 18.7 Å². The maximum Gasteiger partial charge on any atom is 0.405 e. The van der Waals surface area contributed by atoms with E-state index >= 15 is 0 Å². The Balaban J connectivity index is 2.69. The Labute approximate surface area is 118 Å². The number of hydrogen-bond donors (Lipinski definition) is 2. The first-order chi connectivity index (χ1) is 8.65. The maximum atomic E-state index is 11.2. The van der Waals surface area contributed by atoms with E-state index in [0.717, 1.165) is 5.56 Å². The van der Waals surface area contributed by atoms with Crippen molar-refractivity contribution < 1.29 is 18.7 Å². The molecule has 1 unspecified atom stereocenters. The summed E-state index contributed by atoms with van der Waals surface area (Å²) in [6.07, 6.45) is 0. The second-order valence-electron chi connectivity index (χ2n) is 5.03. The number of rotatable bonds is 5. The fourth-order valence-corrected chi connectivity index (χ4v) is 1.87. The van der Waals surface area contributed by atoms with Gasteiger partial charge in [0.1, 0.15) is 5.75 Å². The minimum absolute atomic E-state index is 0.00833. The second-order valence-corrected chi connectivity index (χ2v) is 7.18. The van der Waals surface area contributed by atoms with Crippen molar-refractivity contribution in [3.8, 4) is 5.75 Å². The largest absolute Gasteiger partial charge is 0.465 e. The molecule has 1 aromatic rings. The van der Waals surface area contributed by atoms with E-state index in [1.165, 1.54) is 7.05 Å². The Morgan fingerprint density at radius 3 is 2.53 bits per heavy atom. The van der Waals surface area contributed by atoms with E-state index < -0.39 is 7.75 Å². The molecule has 0 aliphatic rings. The number of nitrogens with one attached hydrogen (secondary N) is 1. The van der Waals surface area contributed by atoms with Crippen LogP contribution in [-0.2, 0) is 14.5 Å². The molecule has 0 aliphatic heterocycles. The highest BCUT2D eigenvalue weighted by Crippen LogP contribution is 2.36. The van der Waals surface area contributed by atoms with E-state index in [0.29, 0.717) is 10.8 Å².